The van der Waals surface area contributed by atoms with Crippen LogP contribution in [0, 0.1) is 0 Å². The van der Waals surface area contributed by atoms with Gasteiger partial charge in [-0.15, -0.1) is 0 Å². The summed E-state index contributed by atoms with van der Waals surface area (Å²) in [5.74, 6) is -1.29. The van der Waals surface area contributed by atoms with Gasteiger partial charge in [-0.2, -0.15) is 4.31 Å². The van der Waals surface area contributed by atoms with Crippen molar-refractivity contribution in [3.8, 4) is 0 Å². The van der Waals surface area contributed by atoms with Crippen molar-refractivity contribution < 1.29 is 31.2 Å². The average molecular weight is 492 g/mol. The molecule has 33 heavy (non-hydrogen) atoms. The number of benzene rings is 2. The van der Waals surface area contributed by atoms with Crippen LogP contribution < -0.4 is 4.72 Å². The number of amidine groups is 1. The van der Waals surface area contributed by atoms with Gasteiger partial charge >= 0.3 is 5.97 Å². The highest BCUT2D eigenvalue weighted by atomic mass is 32.2. The number of hydrogen-bond donors (Lipinski definition) is 1. The number of nitrogens with one attached hydrogen (secondary N) is 1. The number of esters is 1. The van der Waals surface area contributed by atoms with Gasteiger partial charge in [0.2, 0.25) is 10.0 Å². The van der Waals surface area contributed by atoms with E-state index in [1.54, 1.807) is 18.2 Å². The minimum Gasteiger partial charge on any atom is -0.456 e. The minimum atomic E-state index is -3.72. The first-order valence-corrected chi connectivity index (χ1v) is 13.1. The monoisotopic (exact) mass is 491 g/mol. The van der Waals surface area contributed by atoms with Crippen molar-refractivity contribution in [2.24, 2.45) is 4.99 Å². The Hall–Kier alpha value is -3.09. The second-order valence-electron chi connectivity index (χ2n) is 7.49. The van der Waals surface area contributed by atoms with Crippen LogP contribution in [-0.4, -0.2) is 65.0 Å². The molecule has 0 aliphatic carbocycles. The Balaban J connectivity index is 1.34. The van der Waals surface area contributed by atoms with Gasteiger partial charge in [0.25, 0.3) is 10.0 Å². The SMILES string of the molecule is O=C(CN=C1NS(=O)(=O)c2ccccc21)OCC(=O)c1ccc(S(=O)(=O)N2CCCC2)cc1. The maximum atomic E-state index is 12.5. The van der Waals surface area contributed by atoms with Gasteiger partial charge in [-0.1, -0.05) is 12.1 Å². The lowest BCUT2D eigenvalue weighted by Crippen LogP contribution is -2.27. The number of aliphatic imine (C=N–C) groups is 1. The summed E-state index contributed by atoms with van der Waals surface area (Å²) in [6, 6.07) is 11.7. The van der Waals surface area contributed by atoms with E-state index in [1.165, 1.54) is 34.6 Å². The van der Waals surface area contributed by atoms with E-state index in [4.69, 9.17) is 4.74 Å². The normalized spacial score (nSPS) is 18.6. The molecule has 2 aliphatic rings. The van der Waals surface area contributed by atoms with Gasteiger partial charge in [-0.05, 0) is 49.2 Å². The Kier molecular flexibility index (Phi) is 6.32. The zero-order chi connectivity index (χ0) is 23.6. The van der Waals surface area contributed by atoms with Crippen LogP contribution in [0.3, 0.4) is 0 Å². The maximum absolute atomic E-state index is 12.5. The Labute approximate surface area is 191 Å². The van der Waals surface area contributed by atoms with Crippen molar-refractivity contribution >= 4 is 37.6 Å². The molecular formula is C21H21N3O7S2. The zero-order valence-corrected chi connectivity index (χ0v) is 19.1. The Morgan fingerprint density at radius 2 is 1.70 bits per heavy atom. The van der Waals surface area contributed by atoms with Crippen molar-refractivity contribution in [1.29, 1.82) is 0 Å². The molecule has 0 radical (unpaired) electrons. The van der Waals surface area contributed by atoms with Gasteiger partial charge in [0.1, 0.15) is 12.4 Å². The number of nitrogens with zero attached hydrogens (tertiary/aromatic N) is 2. The van der Waals surface area contributed by atoms with Gasteiger partial charge in [0.15, 0.2) is 12.4 Å². The van der Waals surface area contributed by atoms with Gasteiger partial charge in [-0.25, -0.2) is 16.8 Å². The van der Waals surface area contributed by atoms with Crippen LogP contribution >= 0.6 is 0 Å². The van der Waals surface area contributed by atoms with Gasteiger partial charge in [-0.3, -0.25) is 19.3 Å². The molecule has 0 bridgehead atoms. The molecule has 2 heterocycles. The number of carbonyl (C=O) groups is 2. The molecule has 12 heteroatoms. The molecule has 2 aromatic rings. The quantitative estimate of drug-likeness (QED) is 0.449. The molecule has 0 spiro atoms. The van der Waals surface area contributed by atoms with Crippen LogP contribution in [-0.2, 0) is 29.6 Å². The third-order valence-corrected chi connectivity index (χ3v) is 8.58. The average Bonchev–Trinajstić information content (AvgIpc) is 3.44. The summed E-state index contributed by atoms with van der Waals surface area (Å²) < 4.78 is 57.8. The highest BCUT2D eigenvalue weighted by Gasteiger charge is 2.30. The first kappa shape index (κ1) is 23.1. The number of ketones is 1. The summed E-state index contributed by atoms with van der Waals surface area (Å²) in [4.78, 5) is 28.4. The lowest BCUT2D eigenvalue weighted by molar-refractivity contribution is -0.140. The predicted octanol–water partition coefficient (Wildman–Crippen LogP) is 0.936. The van der Waals surface area contributed by atoms with E-state index in [2.05, 4.69) is 9.71 Å². The van der Waals surface area contributed by atoms with Gasteiger partial charge in [0.05, 0.1) is 9.79 Å². The van der Waals surface area contributed by atoms with Crippen LogP contribution in [0.2, 0.25) is 0 Å². The lowest BCUT2D eigenvalue weighted by atomic mass is 10.1. The van der Waals surface area contributed by atoms with Crippen molar-refractivity contribution in [3.63, 3.8) is 0 Å². The summed E-state index contributed by atoms with van der Waals surface area (Å²) in [5, 5.41) is 0. The van der Waals surface area contributed by atoms with Crippen LogP contribution in [0.25, 0.3) is 0 Å². The Morgan fingerprint density at radius 3 is 2.39 bits per heavy atom. The highest BCUT2D eigenvalue weighted by Crippen LogP contribution is 2.22. The molecular weight excluding hydrogens is 470 g/mol. The van der Waals surface area contributed by atoms with Crippen molar-refractivity contribution in [1.82, 2.24) is 9.03 Å². The summed E-state index contributed by atoms with van der Waals surface area (Å²) in [7, 11) is -7.30. The molecule has 0 aromatic heterocycles. The molecule has 2 aliphatic heterocycles. The van der Waals surface area contributed by atoms with Crippen LogP contribution in [0.4, 0.5) is 0 Å². The highest BCUT2D eigenvalue weighted by molar-refractivity contribution is 7.90. The first-order chi connectivity index (χ1) is 15.7. The number of rotatable bonds is 7. The number of Topliss-reactive ketones (excluding diaryl/α,β-unsaturated/α-hetero) is 1. The summed E-state index contributed by atoms with van der Waals surface area (Å²) in [5.41, 5.74) is 0.553. The first-order valence-electron chi connectivity index (χ1n) is 10.1. The van der Waals surface area contributed by atoms with Gasteiger partial charge in [0, 0.05) is 24.2 Å². The summed E-state index contributed by atoms with van der Waals surface area (Å²) in [6.45, 7) is -0.0664. The van der Waals surface area contributed by atoms with Crippen LogP contribution in [0.15, 0.2) is 63.3 Å². The fourth-order valence-corrected chi connectivity index (χ4v) is 6.33. The minimum absolute atomic E-state index is 0.0312. The molecule has 1 N–H and O–H groups in total. The van der Waals surface area contributed by atoms with Crippen molar-refractivity contribution in [2.75, 3.05) is 26.2 Å². The molecule has 1 saturated heterocycles. The van der Waals surface area contributed by atoms with E-state index < -0.39 is 45.0 Å². The number of carbonyl (C=O) groups excluding carboxylic acids is 2. The molecule has 4 rings (SSSR count). The molecule has 0 amide bonds. The number of fused-ring (bicyclic) bond motifs is 1. The van der Waals surface area contributed by atoms with Gasteiger partial charge < -0.3 is 4.74 Å². The Morgan fingerprint density at radius 1 is 1.03 bits per heavy atom. The molecule has 174 valence electrons. The lowest BCUT2D eigenvalue weighted by Gasteiger charge is -2.15. The molecule has 10 nitrogen and oxygen atoms in total. The summed E-state index contributed by atoms with van der Waals surface area (Å²) in [6.07, 6.45) is 1.65. The van der Waals surface area contributed by atoms with Crippen molar-refractivity contribution in [3.05, 3.63) is 59.7 Å². The molecule has 0 atom stereocenters. The smallest absolute Gasteiger partial charge is 0.328 e. The molecule has 0 saturated carbocycles. The zero-order valence-electron chi connectivity index (χ0n) is 17.4. The van der Waals surface area contributed by atoms with Crippen LogP contribution in [0.5, 0.6) is 0 Å². The molecule has 0 unspecified atom stereocenters. The number of hydrogen-bond acceptors (Lipinski definition) is 8. The second-order valence-corrected chi connectivity index (χ2v) is 11.1. The standard InChI is InChI=1S/C21H21N3O7S2/c25-18(15-7-9-16(10-8-15)33(29,30)24-11-3-4-12-24)14-31-20(26)13-22-21-17-5-1-2-6-19(17)32(27,28)23-21/h1-2,5-10H,3-4,11-14H2,(H,22,23). The fourth-order valence-electron chi connectivity index (χ4n) is 3.56. The fraction of sp³-hybridized carbons (Fsp3) is 0.286. The number of sulfonamides is 2. The maximum Gasteiger partial charge on any atom is 0.328 e. The molecule has 2 aromatic carbocycles. The van der Waals surface area contributed by atoms with E-state index in [-0.39, 0.29) is 21.2 Å². The Bertz CT molecular complexity index is 1330. The van der Waals surface area contributed by atoms with Crippen LogP contribution in [0.1, 0.15) is 28.8 Å². The largest absolute Gasteiger partial charge is 0.456 e. The number of ether oxygens (including phenoxy) is 1. The predicted molar refractivity (Wildman–Crippen MR) is 118 cm³/mol. The second kappa shape index (κ2) is 9.04. The van der Waals surface area contributed by atoms with E-state index in [0.29, 0.717) is 18.7 Å². The third kappa shape index (κ3) is 4.82. The topological polar surface area (TPSA) is 139 Å². The van der Waals surface area contributed by atoms with E-state index >= 15 is 0 Å². The summed E-state index contributed by atoms with van der Waals surface area (Å²) >= 11 is 0. The molecule has 1 fully saturated rings. The van der Waals surface area contributed by atoms with E-state index in [9.17, 15) is 26.4 Å². The third-order valence-electron chi connectivity index (χ3n) is 5.27. The van der Waals surface area contributed by atoms with E-state index in [0.717, 1.165) is 12.8 Å². The van der Waals surface area contributed by atoms with Crippen molar-refractivity contribution in [2.45, 2.75) is 22.6 Å². The van der Waals surface area contributed by atoms with E-state index in [1.807, 2.05) is 0 Å².